The predicted molar refractivity (Wildman–Crippen MR) is 80.2 cm³/mol. The molecule has 1 amide bonds. The molecule has 0 radical (unpaired) electrons. The number of alkyl halides is 3. The van der Waals surface area contributed by atoms with Crippen molar-refractivity contribution in [2.45, 2.75) is 39.7 Å². The maximum Gasteiger partial charge on any atom is 0.270 e. The van der Waals surface area contributed by atoms with E-state index in [1.807, 2.05) is 19.9 Å². The Balaban J connectivity index is 2.84. The molecule has 0 bridgehead atoms. The number of carbonyl (C=O) groups excluding carboxylic acids is 1. The Bertz CT molecular complexity index is 507. The second-order valence-electron chi connectivity index (χ2n) is 4.98. The summed E-state index contributed by atoms with van der Waals surface area (Å²) in [6.45, 7) is 4.59. The summed E-state index contributed by atoms with van der Waals surface area (Å²) in [5.74, 6) is -3.35. The highest BCUT2D eigenvalue weighted by Crippen LogP contribution is 2.24. The van der Waals surface area contributed by atoms with Gasteiger partial charge in [0, 0.05) is 17.7 Å². The highest BCUT2D eigenvalue weighted by atomic mass is 35.5. The quantitative estimate of drug-likeness (QED) is 0.770. The molecule has 0 heterocycles. The molecular weight excluding hydrogens is 300 g/mol. The Hall–Kier alpha value is -1.20. The topological polar surface area (TPSA) is 38.3 Å². The minimum absolute atomic E-state index is 0.00854. The van der Waals surface area contributed by atoms with E-state index in [1.54, 1.807) is 6.07 Å². The van der Waals surface area contributed by atoms with Gasteiger partial charge in [-0.15, -0.1) is 11.6 Å². The molecule has 0 aromatic heterocycles. The molecule has 0 aliphatic carbocycles. The molecule has 1 aromatic rings. The van der Waals surface area contributed by atoms with E-state index in [0.717, 1.165) is 11.1 Å². The van der Waals surface area contributed by atoms with Crippen LogP contribution >= 0.6 is 11.6 Å². The summed E-state index contributed by atoms with van der Waals surface area (Å²) in [5, 5.41) is 2.65. The van der Waals surface area contributed by atoms with Gasteiger partial charge in [0.2, 0.25) is 5.91 Å². The first-order valence-corrected chi connectivity index (χ1v) is 7.24. The predicted octanol–water partition coefficient (Wildman–Crippen LogP) is 4.04. The van der Waals surface area contributed by atoms with Gasteiger partial charge >= 0.3 is 0 Å². The minimum atomic E-state index is -2.83. The maximum absolute atomic E-state index is 13.2. The van der Waals surface area contributed by atoms with Crippen LogP contribution in [0.5, 0.6) is 0 Å². The maximum atomic E-state index is 13.2. The van der Waals surface area contributed by atoms with Gasteiger partial charge in [0.15, 0.2) is 0 Å². The van der Waals surface area contributed by atoms with Crippen molar-refractivity contribution >= 4 is 23.2 Å². The Morgan fingerprint density at radius 2 is 1.95 bits per heavy atom. The lowest BCUT2D eigenvalue weighted by molar-refractivity contribution is -0.114. The van der Waals surface area contributed by atoms with Crippen molar-refractivity contribution in [3.05, 3.63) is 28.8 Å². The van der Waals surface area contributed by atoms with Crippen LogP contribution < -0.4 is 5.32 Å². The molecule has 0 fully saturated rings. The van der Waals surface area contributed by atoms with Gasteiger partial charge in [-0.1, -0.05) is 13.0 Å². The van der Waals surface area contributed by atoms with Gasteiger partial charge in [0.05, 0.1) is 6.61 Å². The van der Waals surface area contributed by atoms with E-state index in [4.69, 9.17) is 16.3 Å². The zero-order chi connectivity index (χ0) is 16.0. The number of rotatable bonds is 7. The second-order valence-corrected chi connectivity index (χ2v) is 5.24. The number of anilines is 1. The number of ether oxygens (including phenoxy) is 1. The van der Waals surface area contributed by atoms with Crippen molar-refractivity contribution in [1.82, 2.24) is 0 Å². The summed E-state index contributed by atoms with van der Waals surface area (Å²) in [6.07, 6.45) is -0.268. The van der Waals surface area contributed by atoms with Gasteiger partial charge in [0.1, 0.15) is 12.5 Å². The lowest BCUT2D eigenvalue weighted by Crippen LogP contribution is -2.22. The Morgan fingerprint density at radius 3 is 2.52 bits per heavy atom. The Labute approximate surface area is 128 Å². The SMILES string of the molecule is CCC(F)(F)COCc1cc(C)c(C)cc1NC(=O)CCl. The summed E-state index contributed by atoms with van der Waals surface area (Å²) in [6, 6.07) is 3.61. The molecule has 0 unspecified atom stereocenters. The summed E-state index contributed by atoms with van der Waals surface area (Å²) in [5.41, 5.74) is 3.19. The molecule has 0 saturated carbocycles. The Kier molecular flexibility index (Phi) is 6.55. The van der Waals surface area contributed by atoms with Crippen molar-refractivity contribution in [2.24, 2.45) is 0 Å². The van der Waals surface area contributed by atoms with Crippen molar-refractivity contribution in [2.75, 3.05) is 17.8 Å². The van der Waals surface area contributed by atoms with Crippen molar-refractivity contribution in [1.29, 1.82) is 0 Å². The van der Waals surface area contributed by atoms with Crippen LogP contribution in [0, 0.1) is 13.8 Å². The highest BCUT2D eigenvalue weighted by Gasteiger charge is 2.26. The molecule has 1 N–H and O–H groups in total. The standard InChI is InChI=1S/C15H20ClF2NO2/c1-4-15(17,18)9-21-8-12-5-10(2)11(3)6-13(12)19-14(20)7-16/h5-6H,4,7-9H2,1-3H3,(H,19,20). The first kappa shape index (κ1) is 17.9. The van der Waals surface area contributed by atoms with Crippen LogP contribution in [-0.2, 0) is 16.1 Å². The summed E-state index contributed by atoms with van der Waals surface area (Å²) >= 11 is 5.47. The van der Waals surface area contributed by atoms with Gasteiger partial charge in [-0.05, 0) is 31.0 Å². The van der Waals surface area contributed by atoms with Gasteiger partial charge in [-0.3, -0.25) is 4.79 Å². The molecule has 3 nitrogen and oxygen atoms in total. The molecule has 1 aromatic carbocycles. The van der Waals surface area contributed by atoms with Gasteiger partial charge in [-0.25, -0.2) is 8.78 Å². The molecular formula is C15H20ClF2NO2. The number of aryl methyl sites for hydroxylation is 2. The smallest absolute Gasteiger partial charge is 0.270 e. The van der Waals surface area contributed by atoms with E-state index in [1.165, 1.54) is 6.92 Å². The van der Waals surface area contributed by atoms with Crippen LogP contribution in [0.4, 0.5) is 14.5 Å². The van der Waals surface area contributed by atoms with E-state index in [2.05, 4.69) is 5.32 Å². The average molecular weight is 320 g/mol. The van der Waals surface area contributed by atoms with E-state index in [0.29, 0.717) is 11.3 Å². The largest absolute Gasteiger partial charge is 0.370 e. The van der Waals surface area contributed by atoms with Crippen LogP contribution in [0.1, 0.15) is 30.0 Å². The van der Waals surface area contributed by atoms with E-state index >= 15 is 0 Å². The first-order valence-electron chi connectivity index (χ1n) is 6.70. The molecule has 0 saturated heterocycles. The van der Waals surface area contributed by atoms with Crippen molar-refractivity contribution in [3.8, 4) is 0 Å². The third-order valence-electron chi connectivity index (χ3n) is 3.20. The second kappa shape index (κ2) is 7.71. The van der Waals surface area contributed by atoms with Crippen LogP contribution in [0.3, 0.4) is 0 Å². The van der Waals surface area contributed by atoms with Gasteiger partial charge < -0.3 is 10.1 Å². The number of hydrogen-bond donors (Lipinski definition) is 1. The molecule has 1 rings (SSSR count). The zero-order valence-electron chi connectivity index (χ0n) is 12.4. The van der Waals surface area contributed by atoms with Crippen LogP contribution in [-0.4, -0.2) is 24.3 Å². The van der Waals surface area contributed by atoms with Gasteiger partial charge in [0.25, 0.3) is 5.92 Å². The van der Waals surface area contributed by atoms with Gasteiger partial charge in [-0.2, -0.15) is 0 Å². The number of hydrogen-bond acceptors (Lipinski definition) is 2. The summed E-state index contributed by atoms with van der Waals surface area (Å²) in [4.78, 5) is 11.4. The van der Waals surface area contributed by atoms with Crippen LogP contribution in [0.25, 0.3) is 0 Å². The van der Waals surface area contributed by atoms with E-state index in [9.17, 15) is 13.6 Å². The fraction of sp³-hybridized carbons (Fsp3) is 0.533. The fourth-order valence-corrected chi connectivity index (χ4v) is 1.77. The molecule has 0 spiro atoms. The van der Waals surface area contributed by atoms with E-state index < -0.39 is 12.5 Å². The number of amides is 1. The molecule has 0 aliphatic rings. The molecule has 0 atom stereocenters. The van der Waals surface area contributed by atoms with Crippen molar-refractivity contribution in [3.63, 3.8) is 0 Å². The molecule has 21 heavy (non-hydrogen) atoms. The summed E-state index contributed by atoms with van der Waals surface area (Å²) < 4.78 is 31.4. The molecule has 118 valence electrons. The Morgan fingerprint density at radius 1 is 1.33 bits per heavy atom. The highest BCUT2D eigenvalue weighted by molar-refractivity contribution is 6.29. The van der Waals surface area contributed by atoms with Crippen molar-refractivity contribution < 1.29 is 18.3 Å². The fourth-order valence-electron chi connectivity index (χ4n) is 1.71. The normalized spacial score (nSPS) is 11.5. The molecule has 6 heteroatoms. The number of benzene rings is 1. The lowest BCUT2D eigenvalue weighted by atomic mass is 10.0. The van der Waals surface area contributed by atoms with Crippen LogP contribution in [0.2, 0.25) is 0 Å². The van der Waals surface area contributed by atoms with E-state index in [-0.39, 0.29) is 24.8 Å². The molecule has 0 aliphatic heterocycles. The summed E-state index contributed by atoms with van der Waals surface area (Å²) in [7, 11) is 0. The average Bonchev–Trinajstić information content (AvgIpc) is 2.43. The number of halogens is 3. The lowest BCUT2D eigenvalue weighted by Gasteiger charge is -2.17. The minimum Gasteiger partial charge on any atom is -0.370 e. The third kappa shape index (κ3) is 5.59. The van der Waals surface area contributed by atoms with Crippen LogP contribution in [0.15, 0.2) is 12.1 Å². The first-order chi connectivity index (χ1) is 9.79. The number of nitrogens with one attached hydrogen (secondary N) is 1. The number of carbonyl (C=O) groups is 1. The monoisotopic (exact) mass is 319 g/mol. The third-order valence-corrected chi connectivity index (χ3v) is 3.45. The zero-order valence-corrected chi connectivity index (χ0v) is 13.2.